The number of esters is 1. The summed E-state index contributed by atoms with van der Waals surface area (Å²) in [5.74, 6) is 0.221. The van der Waals surface area contributed by atoms with Gasteiger partial charge >= 0.3 is 12.0 Å². The van der Waals surface area contributed by atoms with Crippen molar-refractivity contribution < 1.29 is 19.1 Å². The lowest BCUT2D eigenvalue weighted by Crippen LogP contribution is -2.45. The molecule has 0 bridgehead atoms. The van der Waals surface area contributed by atoms with E-state index in [1.54, 1.807) is 6.92 Å². The Labute approximate surface area is 174 Å². The van der Waals surface area contributed by atoms with Crippen molar-refractivity contribution in [3.05, 3.63) is 89.6 Å². The third-order valence-corrected chi connectivity index (χ3v) is 4.95. The predicted molar refractivity (Wildman–Crippen MR) is 114 cm³/mol. The van der Waals surface area contributed by atoms with Crippen molar-refractivity contribution in [2.24, 2.45) is 0 Å². The summed E-state index contributed by atoms with van der Waals surface area (Å²) < 4.78 is 11.0. The number of carbonyl (C=O) groups excluding carboxylic acids is 2. The molecule has 6 heteroatoms. The first kappa shape index (κ1) is 19.5. The van der Waals surface area contributed by atoms with Crippen molar-refractivity contribution in [3.8, 4) is 5.75 Å². The van der Waals surface area contributed by atoms with Gasteiger partial charge < -0.3 is 20.1 Å². The van der Waals surface area contributed by atoms with E-state index in [2.05, 4.69) is 10.6 Å². The Hall–Kier alpha value is -3.80. The minimum Gasteiger partial charge on any atom is -0.490 e. The lowest BCUT2D eigenvalue weighted by molar-refractivity contribution is -0.140. The minimum atomic E-state index is -0.604. The maximum atomic E-state index is 12.9. The molecule has 30 heavy (non-hydrogen) atoms. The summed E-state index contributed by atoms with van der Waals surface area (Å²) in [5, 5.41) is 7.54. The van der Waals surface area contributed by atoms with Crippen LogP contribution in [0.3, 0.4) is 0 Å². The summed E-state index contributed by atoms with van der Waals surface area (Å²) in [6.45, 7) is 2.04. The van der Waals surface area contributed by atoms with Gasteiger partial charge in [0.1, 0.15) is 19.0 Å². The molecule has 0 aliphatic carbocycles. The Morgan fingerprint density at radius 1 is 0.933 bits per heavy atom. The molecule has 3 aromatic carbocycles. The van der Waals surface area contributed by atoms with Crippen molar-refractivity contribution in [1.29, 1.82) is 0 Å². The van der Waals surface area contributed by atoms with Crippen molar-refractivity contribution >= 4 is 22.8 Å². The zero-order valence-electron chi connectivity index (χ0n) is 16.6. The van der Waals surface area contributed by atoms with Crippen LogP contribution in [0.25, 0.3) is 10.8 Å². The summed E-state index contributed by atoms with van der Waals surface area (Å²) >= 11 is 0. The number of hydrogen-bond acceptors (Lipinski definition) is 4. The molecule has 2 amide bonds. The first-order valence-electron chi connectivity index (χ1n) is 9.74. The van der Waals surface area contributed by atoms with Gasteiger partial charge in [0.25, 0.3) is 0 Å². The molecular weight excluding hydrogens is 380 g/mol. The molecule has 0 saturated heterocycles. The Kier molecular flexibility index (Phi) is 5.66. The van der Waals surface area contributed by atoms with Gasteiger partial charge in [0.2, 0.25) is 0 Å². The molecule has 1 aliphatic heterocycles. The Morgan fingerprint density at radius 3 is 2.50 bits per heavy atom. The van der Waals surface area contributed by atoms with E-state index < -0.39 is 12.0 Å². The molecule has 6 nitrogen and oxygen atoms in total. The molecule has 0 unspecified atom stereocenters. The summed E-state index contributed by atoms with van der Waals surface area (Å²) in [5.41, 5.74) is 1.70. The number of urea groups is 1. The average molecular weight is 402 g/mol. The molecule has 4 rings (SSSR count). The highest BCUT2D eigenvalue weighted by Crippen LogP contribution is 2.32. The first-order chi connectivity index (χ1) is 14.6. The zero-order chi connectivity index (χ0) is 20.9. The summed E-state index contributed by atoms with van der Waals surface area (Å²) in [4.78, 5) is 25.1. The molecule has 3 aromatic rings. The first-order valence-corrected chi connectivity index (χ1v) is 9.74. The Balaban J connectivity index is 1.54. The third-order valence-electron chi connectivity index (χ3n) is 4.95. The van der Waals surface area contributed by atoms with Gasteiger partial charge in [-0.15, -0.1) is 0 Å². The Bertz CT molecular complexity index is 1100. The van der Waals surface area contributed by atoms with Crippen LogP contribution in [0.4, 0.5) is 4.79 Å². The highest BCUT2D eigenvalue weighted by molar-refractivity contribution is 5.97. The van der Waals surface area contributed by atoms with Crippen molar-refractivity contribution in [2.75, 3.05) is 13.2 Å². The van der Waals surface area contributed by atoms with Gasteiger partial charge in [0, 0.05) is 5.70 Å². The number of para-hydroxylation sites is 1. The zero-order valence-corrected chi connectivity index (χ0v) is 16.6. The fourth-order valence-electron chi connectivity index (χ4n) is 3.59. The monoisotopic (exact) mass is 402 g/mol. The van der Waals surface area contributed by atoms with Crippen LogP contribution in [0, 0.1) is 0 Å². The maximum Gasteiger partial charge on any atom is 0.338 e. The highest BCUT2D eigenvalue weighted by Gasteiger charge is 2.33. The van der Waals surface area contributed by atoms with Gasteiger partial charge in [-0.25, -0.2) is 9.59 Å². The molecule has 152 valence electrons. The van der Waals surface area contributed by atoms with Crippen molar-refractivity contribution in [3.63, 3.8) is 0 Å². The van der Waals surface area contributed by atoms with E-state index in [9.17, 15) is 9.59 Å². The Morgan fingerprint density at radius 2 is 1.67 bits per heavy atom. The summed E-state index contributed by atoms with van der Waals surface area (Å²) in [6, 6.07) is 22.1. The predicted octanol–water partition coefficient (Wildman–Crippen LogP) is 4.09. The second-order valence-corrected chi connectivity index (χ2v) is 6.94. The summed E-state index contributed by atoms with van der Waals surface area (Å²) in [7, 11) is 0. The van der Waals surface area contributed by atoms with E-state index in [1.807, 2.05) is 72.8 Å². The number of benzene rings is 3. The second kappa shape index (κ2) is 8.69. The highest BCUT2D eigenvalue weighted by atomic mass is 16.6. The van der Waals surface area contributed by atoms with E-state index in [4.69, 9.17) is 9.47 Å². The molecule has 1 atom stereocenters. The lowest BCUT2D eigenvalue weighted by Gasteiger charge is -2.29. The molecule has 1 heterocycles. The quantitative estimate of drug-likeness (QED) is 0.481. The molecule has 0 spiro atoms. The molecular formula is C24H22N2O4. The number of ether oxygens (including phenoxy) is 2. The molecule has 2 N–H and O–H groups in total. The van der Waals surface area contributed by atoms with Crippen LogP contribution in [0.2, 0.25) is 0 Å². The molecule has 1 aliphatic rings. The third kappa shape index (κ3) is 4.12. The molecule has 0 saturated carbocycles. The second-order valence-electron chi connectivity index (χ2n) is 6.94. The van der Waals surface area contributed by atoms with E-state index in [-0.39, 0.29) is 19.2 Å². The molecule has 0 radical (unpaired) electrons. The van der Waals surface area contributed by atoms with Gasteiger partial charge in [-0.3, -0.25) is 0 Å². The fourth-order valence-corrected chi connectivity index (χ4v) is 3.59. The lowest BCUT2D eigenvalue weighted by atomic mass is 9.91. The number of carbonyl (C=O) groups is 2. The molecule has 0 fully saturated rings. The maximum absolute atomic E-state index is 12.9. The van der Waals surface area contributed by atoms with Crippen LogP contribution < -0.4 is 15.4 Å². The standard InChI is InChI=1S/C24H22N2O4/c1-16-21(23(27)30-15-14-29-18-10-3-2-4-11-18)22(26-24(28)25-16)20-13-7-9-17-8-5-6-12-19(17)20/h2-13,22H,14-15H2,1H3,(H2,25,26,28)/t22-/m0/s1. The average Bonchev–Trinajstić information content (AvgIpc) is 2.76. The molecule has 0 aromatic heterocycles. The number of nitrogens with one attached hydrogen (secondary N) is 2. The van der Waals surface area contributed by atoms with E-state index >= 15 is 0 Å². The summed E-state index contributed by atoms with van der Waals surface area (Å²) in [6.07, 6.45) is 0. The van der Waals surface area contributed by atoms with Crippen molar-refractivity contribution in [2.45, 2.75) is 13.0 Å². The number of rotatable bonds is 6. The van der Waals surface area contributed by atoms with Crippen LogP contribution in [0.5, 0.6) is 5.75 Å². The van der Waals surface area contributed by atoms with Crippen LogP contribution in [0.15, 0.2) is 84.1 Å². The van der Waals surface area contributed by atoms with Crippen LogP contribution in [-0.4, -0.2) is 25.2 Å². The minimum absolute atomic E-state index is 0.0979. The van der Waals surface area contributed by atoms with Gasteiger partial charge in [0.15, 0.2) is 0 Å². The SMILES string of the molecule is CC1=C(C(=O)OCCOc2ccccc2)[C@H](c2cccc3ccccc23)NC(=O)N1. The number of amides is 2. The largest absolute Gasteiger partial charge is 0.490 e. The van der Waals surface area contributed by atoms with Gasteiger partial charge in [-0.2, -0.15) is 0 Å². The van der Waals surface area contributed by atoms with Crippen LogP contribution >= 0.6 is 0 Å². The fraction of sp³-hybridized carbons (Fsp3) is 0.167. The normalized spacial score (nSPS) is 16.0. The van der Waals surface area contributed by atoms with Gasteiger partial charge in [0.05, 0.1) is 11.6 Å². The van der Waals surface area contributed by atoms with Crippen molar-refractivity contribution in [1.82, 2.24) is 10.6 Å². The van der Waals surface area contributed by atoms with Gasteiger partial charge in [-0.05, 0) is 35.4 Å². The van der Waals surface area contributed by atoms with E-state index in [1.165, 1.54) is 0 Å². The van der Waals surface area contributed by atoms with Crippen LogP contribution in [-0.2, 0) is 9.53 Å². The van der Waals surface area contributed by atoms with E-state index in [0.717, 1.165) is 16.3 Å². The topological polar surface area (TPSA) is 76.7 Å². The van der Waals surface area contributed by atoms with E-state index in [0.29, 0.717) is 17.0 Å². The smallest absolute Gasteiger partial charge is 0.338 e. The van der Waals surface area contributed by atoms with Gasteiger partial charge in [-0.1, -0.05) is 60.7 Å². The number of fused-ring (bicyclic) bond motifs is 1. The number of hydrogen-bond donors (Lipinski definition) is 2. The number of allylic oxidation sites excluding steroid dienone is 1. The van der Waals surface area contributed by atoms with Crippen LogP contribution in [0.1, 0.15) is 18.5 Å².